The Labute approximate surface area is 134 Å². The van der Waals surface area contributed by atoms with Crippen molar-refractivity contribution in [1.82, 2.24) is 0 Å². The highest BCUT2D eigenvalue weighted by atomic mass is 16.5. The Balaban J connectivity index is 0.000000220. The van der Waals surface area contributed by atoms with Crippen molar-refractivity contribution < 1.29 is 9.53 Å². The number of ketones is 1. The first-order valence-corrected chi connectivity index (χ1v) is 7.60. The van der Waals surface area contributed by atoms with E-state index in [-0.39, 0.29) is 5.78 Å². The predicted octanol–water partition coefficient (Wildman–Crippen LogP) is 5.22. The average molecular weight is 298 g/mol. The number of carbonyl (C=O) groups excluding carboxylic acids is 1. The molecule has 1 atom stereocenters. The van der Waals surface area contributed by atoms with Crippen molar-refractivity contribution in [2.24, 2.45) is 5.92 Å². The molecule has 0 fully saturated rings. The Morgan fingerprint density at radius 1 is 1.32 bits per heavy atom. The first kappa shape index (κ1) is 18.0. The molecule has 0 radical (unpaired) electrons. The zero-order chi connectivity index (χ0) is 16.5. The van der Waals surface area contributed by atoms with E-state index in [0.717, 1.165) is 23.3 Å². The summed E-state index contributed by atoms with van der Waals surface area (Å²) in [5.41, 5.74) is 3.25. The van der Waals surface area contributed by atoms with E-state index >= 15 is 0 Å². The normalized spacial score (nSPS) is 17.5. The lowest BCUT2D eigenvalue weighted by molar-refractivity contribution is -0.116. The fraction of sp³-hybridized carbons (Fsp3) is 0.350. The Hall–Kier alpha value is -2.09. The number of benzene rings is 1. The molecule has 2 heteroatoms. The van der Waals surface area contributed by atoms with E-state index in [0.29, 0.717) is 12.3 Å². The Morgan fingerprint density at radius 2 is 1.95 bits per heavy atom. The summed E-state index contributed by atoms with van der Waals surface area (Å²) in [6, 6.07) is 7.96. The SMILES string of the molecule is C/C=C/c1ccc(OC)cc1.C=C(C)C1CC=C(C)C(=O)C1. The molecule has 0 heterocycles. The summed E-state index contributed by atoms with van der Waals surface area (Å²) in [5.74, 6) is 1.58. The standard InChI is InChI=1S/C10H14O.C10H12O/c1-7(2)9-5-4-8(3)10(11)6-9;1-3-4-9-5-7-10(11-2)8-6-9/h4,9H,1,5-6H2,2-3H3;3-8H,1-2H3/b;4-3+. The summed E-state index contributed by atoms with van der Waals surface area (Å²) in [4.78, 5) is 11.2. The number of Topliss-reactive ketones (excluding diaryl/α,β-unsaturated/α-hetero) is 1. The molecule has 1 aliphatic carbocycles. The fourth-order valence-electron chi connectivity index (χ4n) is 2.18. The Morgan fingerprint density at radius 3 is 2.41 bits per heavy atom. The molecule has 118 valence electrons. The van der Waals surface area contributed by atoms with Crippen LogP contribution in [0.25, 0.3) is 6.08 Å². The Kier molecular flexibility index (Phi) is 7.38. The molecule has 1 unspecified atom stereocenters. The van der Waals surface area contributed by atoms with Crippen LogP contribution in [0.3, 0.4) is 0 Å². The third-order valence-corrected chi connectivity index (χ3v) is 3.75. The van der Waals surface area contributed by atoms with Gasteiger partial charge in [0.15, 0.2) is 5.78 Å². The molecule has 2 rings (SSSR count). The summed E-state index contributed by atoms with van der Waals surface area (Å²) in [6.07, 6.45) is 7.75. The summed E-state index contributed by atoms with van der Waals surface area (Å²) >= 11 is 0. The number of ether oxygens (including phenoxy) is 1. The second-order valence-electron chi connectivity index (χ2n) is 5.57. The lowest BCUT2D eigenvalue weighted by atomic mass is 9.85. The third kappa shape index (κ3) is 5.72. The van der Waals surface area contributed by atoms with E-state index in [1.54, 1.807) is 7.11 Å². The molecule has 0 aliphatic heterocycles. The minimum atomic E-state index is 0.282. The van der Waals surface area contributed by atoms with Gasteiger partial charge in [0.1, 0.15) is 5.75 Å². The number of methoxy groups -OCH3 is 1. The molecule has 0 amide bonds. The van der Waals surface area contributed by atoms with Crippen LogP contribution in [0.4, 0.5) is 0 Å². The van der Waals surface area contributed by atoms with Crippen molar-refractivity contribution >= 4 is 11.9 Å². The highest BCUT2D eigenvalue weighted by Crippen LogP contribution is 2.25. The van der Waals surface area contributed by atoms with Gasteiger partial charge in [-0.1, -0.05) is 42.5 Å². The third-order valence-electron chi connectivity index (χ3n) is 3.75. The lowest BCUT2D eigenvalue weighted by Gasteiger charge is -2.18. The van der Waals surface area contributed by atoms with Crippen LogP contribution in [0.15, 0.2) is 54.1 Å². The van der Waals surface area contributed by atoms with Crippen LogP contribution in [0.5, 0.6) is 5.75 Å². The van der Waals surface area contributed by atoms with Crippen molar-refractivity contribution in [3.63, 3.8) is 0 Å². The highest BCUT2D eigenvalue weighted by Gasteiger charge is 2.19. The topological polar surface area (TPSA) is 26.3 Å². The summed E-state index contributed by atoms with van der Waals surface area (Å²) in [5, 5.41) is 0. The molecule has 1 aromatic carbocycles. The van der Waals surface area contributed by atoms with E-state index < -0.39 is 0 Å². The van der Waals surface area contributed by atoms with Gasteiger partial charge in [-0.05, 0) is 56.4 Å². The zero-order valence-corrected chi connectivity index (χ0v) is 14.1. The Bertz CT molecular complexity index is 562. The zero-order valence-electron chi connectivity index (χ0n) is 14.1. The van der Waals surface area contributed by atoms with Gasteiger partial charge in [0, 0.05) is 6.42 Å². The molecular formula is C20H26O2. The molecular weight excluding hydrogens is 272 g/mol. The molecule has 0 saturated carbocycles. The number of rotatable bonds is 3. The van der Waals surface area contributed by atoms with Crippen molar-refractivity contribution in [2.45, 2.75) is 33.6 Å². The van der Waals surface area contributed by atoms with Crippen LogP contribution in [0.1, 0.15) is 39.2 Å². The van der Waals surface area contributed by atoms with Gasteiger partial charge in [0.25, 0.3) is 0 Å². The maximum absolute atomic E-state index is 11.2. The van der Waals surface area contributed by atoms with Gasteiger partial charge in [0.05, 0.1) is 7.11 Å². The smallest absolute Gasteiger partial charge is 0.158 e. The second kappa shape index (κ2) is 9.04. The van der Waals surface area contributed by atoms with Crippen LogP contribution in [-0.2, 0) is 4.79 Å². The first-order chi connectivity index (χ1) is 10.5. The van der Waals surface area contributed by atoms with Crippen LogP contribution in [0.2, 0.25) is 0 Å². The quantitative estimate of drug-likeness (QED) is 0.715. The van der Waals surface area contributed by atoms with Gasteiger partial charge >= 0.3 is 0 Å². The van der Waals surface area contributed by atoms with Crippen LogP contribution in [-0.4, -0.2) is 12.9 Å². The molecule has 22 heavy (non-hydrogen) atoms. The number of hydrogen-bond acceptors (Lipinski definition) is 2. The second-order valence-corrected chi connectivity index (χ2v) is 5.57. The molecule has 0 N–H and O–H groups in total. The number of carbonyl (C=O) groups is 1. The van der Waals surface area contributed by atoms with Gasteiger partial charge < -0.3 is 4.74 Å². The fourth-order valence-corrected chi connectivity index (χ4v) is 2.18. The first-order valence-electron chi connectivity index (χ1n) is 7.60. The van der Waals surface area contributed by atoms with Crippen molar-refractivity contribution in [1.29, 1.82) is 0 Å². The van der Waals surface area contributed by atoms with E-state index in [9.17, 15) is 4.79 Å². The van der Waals surface area contributed by atoms with Crippen molar-refractivity contribution in [3.8, 4) is 5.75 Å². The monoisotopic (exact) mass is 298 g/mol. The van der Waals surface area contributed by atoms with Crippen LogP contribution >= 0.6 is 0 Å². The molecule has 1 aliphatic rings. The lowest BCUT2D eigenvalue weighted by Crippen LogP contribution is -2.14. The molecule has 0 aromatic heterocycles. The summed E-state index contributed by atoms with van der Waals surface area (Å²) in [6.45, 7) is 9.74. The molecule has 0 spiro atoms. The van der Waals surface area contributed by atoms with Crippen LogP contribution in [0, 0.1) is 5.92 Å². The summed E-state index contributed by atoms with van der Waals surface area (Å²) < 4.78 is 5.02. The average Bonchev–Trinajstić information content (AvgIpc) is 2.51. The van der Waals surface area contributed by atoms with E-state index in [4.69, 9.17) is 4.74 Å². The minimum Gasteiger partial charge on any atom is -0.497 e. The van der Waals surface area contributed by atoms with Gasteiger partial charge in [-0.2, -0.15) is 0 Å². The number of allylic oxidation sites excluding steroid dienone is 4. The van der Waals surface area contributed by atoms with Gasteiger partial charge in [0.2, 0.25) is 0 Å². The van der Waals surface area contributed by atoms with Gasteiger partial charge in [-0.3, -0.25) is 4.79 Å². The summed E-state index contributed by atoms with van der Waals surface area (Å²) in [7, 11) is 1.67. The van der Waals surface area contributed by atoms with E-state index in [2.05, 4.69) is 12.7 Å². The van der Waals surface area contributed by atoms with Gasteiger partial charge in [-0.15, -0.1) is 0 Å². The molecule has 2 nitrogen and oxygen atoms in total. The van der Waals surface area contributed by atoms with Gasteiger partial charge in [-0.25, -0.2) is 0 Å². The number of hydrogen-bond donors (Lipinski definition) is 0. The van der Waals surface area contributed by atoms with Crippen molar-refractivity contribution in [3.05, 3.63) is 59.7 Å². The predicted molar refractivity (Wildman–Crippen MR) is 94.0 cm³/mol. The largest absolute Gasteiger partial charge is 0.497 e. The van der Waals surface area contributed by atoms with E-state index in [1.165, 1.54) is 5.56 Å². The van der Waals surface area contributed by atoms with Crippen LogP contribution < -0.4 is 4.74 Å². The van der Waals surface area contributed by atoms with E-state index in [1.807, 2.05) is 57.2 Å². The minimum absolute atomic E-state index is 0.282. The maximum atomic E-state index is 11.2. The molecule has 1 aromatic rings. The van der Waals surface area contributed by atoms with Crippen molar-refractivity contribution in [2.75, 3.05) is 7.11 Å². The highest BCUT2D eigenvalue weighted by molar-refractivity contribution is 5.95. The molecule has 0 saturated heterocycles. The molecule has 0 bridgehead atoms. The maximum Gasteiger partial charge on any atom is 0.158 e.